The Morgan fingerprint density at radius 3 is 2.55 bits per heavy atom. The molecule has 5 heteroatoms. The van der Waals surface area contributed by atoms with E-state index in [-0.39, 0.29) is 12.4 Å². The van der Waals surface area contributed by atoms with Crippen molar-refractivity contribution in [3.63, 3.8) is 0 Å². The summed E-state index contributed by atoms with van der Waals surface area (Å²) < 4.78 is 7.01. The van der Waals surface area contributed by atoms with Crippen molar-refractivity contribution in [1.29, 1.82) is 0 Å². The molecule has 0 spiro atoms. The molecule has 1 heterocycles. The molecule has 0 bridgehead atoms. The summed E-state index contributed by atoms with van der Waals surface area (Å²) in [5, 5.41) is 2.06. The van der Waals surface area contributed by atoms with Crippen LogP contribution in [-0.4, -0.2) is 16.6 Å². The van der Waals surface area contributed by atoms with Crippen molar-refractivity contribution in [1.82, 2.24) is 4.98 Å². The Kier molecular flexibility index (Phi) is 4.49. The Balaban J connectivity index is 2.30. The summed E-state index contributed by atoms with van der Waals surface area (Å²) in [6.45, 7) is 5.59. The highest BCUT2D eigenvalue weighted by atomic mass is 79.9. The second-order valence-electron chi connectivity index (χ2n) is 5.56. The Morgan fingerprint density at radius 2 is 1.90 bits per heavy atom. The van der Waals surface area contributed by atoms with Crippen molar-refractivity contribution in [3.05, 3.63) is 39.0 Å². The minimum Gasteiger partial charge on any atom is -0.460 e. The maximum absolute atomic E-state index is 11.9. The number of ether oxygens (including phenoxy) is 1. The van der Waals surface area contributed by atoms with Crippen LogP contribution in [-0.2, 0) is 16.0 Å². The first-order valence-electron chi connectivity index (χ1n) is 6.20. The van der Waals surface area contributed by atoms with Crippen LogP contribution >= 0.6 is 31.9 Å². The molecule has 0 N–H and O–H groups in total. The largest absolute Gasteiger partial charge is 0.460 e. The molecule has 0 radical (unpaired) electrons. The van der Waals surface area contributed by atoms with E-state index in [4.69, 9.17) is 4.74 Å². The third-order valence-electron chi connectivity index (χ3n) is 2.61. The first-order valence-corrected chi connectivity index (χ1v) is 7.79. The fourth-order valence-corrected chi connectivity index (χ4v) is 2.70. The normalized spacial score (nSPS) is 11.7. The lowest BCUT2D eigenvalue weighted by Crippen LogP contribution is -2.25. The molecule has 20 heavy (non-hydrogen) atoms. The van der Waals surface area contributed by atoms with Crippen LogP contribution < -0.4 is 0 Å². The van der Waals surface area contributed by atoms with E-state index in [1.807, 2.05) is 39.0 Å². The van der Waals surface area contributed by atoms with Crippen molar-refractivity contribution in [2.45, 2.75) is 32.8 Å². The molecule has 3 nitrogen and oxygen atoms in total. The van der Waals surface area contributed by atoms with Crippen molar-refractivity contribution < 1.29 is 9.53 Å². The number of hydrogen-bond donors (Lipinski definition) is 0. The van der Waals surface area contributed by atoms with Crippen molar-refractivity contribution >= 4 is 48.6 Å². The van der Waals surface area contributed by atoms with Gasteiger partial charge in [0.15, 0.2) is 0 Å². The molecule has 2 aromatic rings. The van der Waals surface area contributed by atoms with Gasteiger partial charge in [-0.1, -0.05) is 15.9 Å². The Labute approximate surface area is 135 Å². The molecule has 2 rings (SSSR count). The third-order valence-corrected chi connectivity index (χ3v) is 3.78. The highest BCUT2D eigenvalue weighted by Crippen LogP contribution is 2.26. The quantitative estimate of drug-likeness (QED) is 0.544. The van der Waals surface area contributed by atoms with Gasteiger partial charge in [-0.15, -0.1) is 0 Å². The number of hydrogen-bond acceptors (Lipinski definition) is 3. The van der Waals surface area contributed by atoms with Gasteiger partial charge in [-0.2, -0.15) is 0 Å². The first kappa shape index (κ1) is 15.4. The molecule has 0 amide bonds. The Hall–Kier alpha value is -0.940. The van der Waals surface area contributed by atoms with Gasteiger partial charge in [0.1, 0.15) is 10.2 Å². The first-order chi connectivity index (χ1) is 9.24. The van der Waals surface area contributed by atoms with Gasteiger partial charge in [0, 0.05) is 16.1 Å². The number of carbonyl (C=O) groups excluding carboxylic acids is 1. The van der Waals surface area contributed by atoms with Crippen LogP contribution in [0.3, 0.4) is 0 Å². The van der Waals surface area contributed by atoms with Gasteiger partial charge in [-0.25, -0.2) is 4.98 Å². The molecule has 0 atom stereocenters. The number of benzene rings is 1. The van der Waals surface area contributed by atoms with Crippen LogP contribution in [0.1, 0.15) is 26.3 Å². The summed E-state index contributed by atoms with van der Waals surface area (Å²) in [6, 6.07) is 5.88. The van der Waals surface area contributed by atoms with Gasteiger partial charge in [0.2, 0.25) is 0 Å². The average molecular weight is 401 g/mol. The summed E-state index contributed by atoms with van der Waals surface area (Å²) in [7, 11) is 0. The van der Waals surface area contributed by atoms with Crippen LogP contribution in [0.2, 0.25) is 0 Å². The van der Waals surface area contributed by atoms with E-state index in [9.17, 15) is 4.79 Å². The third kappa shape index (κ3) is 4.03. The molecule has 0 saturated heterocycles. The highest BCUT2D eigenvalue weighted by Gasteiger charge is 2.17. The monoisotopic (exact) mass is 399 g/mol. The molecular formula is C15H15Br2NO2. The zero-order valence-corrected chi connectivity index (χ0v) is 14.7. The number of esters is 1. The van der Waals surface area contributed by atoms with E-state index in [1.165, 1.54) is 0 Å². The summed E-state index contributed by atoms with van der Waals surface area (Å²) in [5.74, 6) is -0.231. The summed E-state index contributed by atoms with van der Waals surface area (Å²) in [4.78, 5) is 16.1. The zero-order chi connectivity index (χ0) is 14.9. The molecule has 106 valence electrons. The van der Waals surface area contributed by atoms with E-state index in [1.54, 1.807) is 6.20 Å². The lowest BCUT2D eigenvalue weighted by molar-refractivity contribution is -0.153. The van der Waals surface area contributed by atoms with Crippen LogP contribution in [0.15, 0.2) is 33.5 Å². The van der Waals surface area contributed by atoms with Crippen molar-refractivity contribution in [2.75, 3.05) is 0 Å². The van der Waals surface area contributed by atoms with Gasteiger partial charge in [0.05, 0.1) is 6.42 Å². The van der Waals surface area contributed by atoms with Crippen LogP contribution in [0, 0.1) is 0 Å². The SMILES string of the molecule is CC(C)(C)OC(=O)Cc1cc2cc(Br)ncc2cc1Br. The molecule has 0 unspecified atom stereocenters. The number of fused-ring (bicyclic) bond motifs is 1. The fraction of sp³-hybridized carbons (Fsp3) is 0.333. The predicted molar refractivity (Wildman–Crippen MR) is 86.7 cm³/mol. The molecule has 0 aliphatic rings. The molecule has 0 saturated carbocycles. The maximum atomic E-state index is 11.9. The summed E-state index contributed by atoms with van der Waals surface area (Å²) in [6.07, 6.45) is 2.04. The molecule has 0 aliphatic heterocycles. The number of pyridine rings is 1. The van der Waals surface area contributed by atoms with E-state index in [0.29, 0.717) is 0 Å². The van der Waals surface area contributed by atoms with Crippen LogP contribution in [0.4, 0.5) is 0 Å². The van der Waals surface area contributed by atoms with Gasteiger partial charge in [-0.05, 0) is 65.8 Å². The minimum atomic E-state index is -0.465. The number of nitrogens with zero attached hydrogens (tertiary/aromatic N) is 1. The van der Waals surface area contributed by atoms with Gasteiger partial charge in [-0.3, -0.25) is 4.79 Å². The number of halogens is 2. The molecular weight excluding hydrogens is 386 g/mol. The lowest BCUT2D eigenvalue weighted by atomic mass is 10.1. The summed E-state index contributed by atoms with van der Waals surface area (Å²) >= 11 is 6.85. The summed E-state index contributed by atoms with van der Waals surface area (Å²) in [5.41, 5.74) is 0.442. The standard InChI is InChI=1S/C15H15Br2NO2/c1-15(2,3)20-14(19)7-10-4-9-6-13(17)18-8-11(9)5-12(10)16/h4-6,8H,7H2,1-3H3. The molecule has 1 aromatic heterocycles. The predicted octanol–water partition coefficient (Wildman–Crippen LogP) is 4.64. The Morgan fingerprint density at radius 1 is 1.20 bits per heavy atom. The molecule has 0 fully saturated rings. The average Bonchev–Trinajstić information content (AvgIpc) is 2.28. The van der Waals surface area contributed by atoms with Gasteiger partial charge < -0.3 is 4.74 Å². The van der Waals surface area contributed by atoms with Crippen molar-refractivity contribution in [2.24, 2.45) is 0 Å². The van der Waals surface area contributed by atoms with E-state index in [2.05, 4.69) is 36.8 Å². The Bertz CT molecular complexity index is 663. The van der Waals surface area contributed by atoms with E-state index < -0.39 is 5.60 Å². The topological polar surface area (TPSA) is 39.2 Å². The number of carbonyl (C=O) groups is 1. The molecule has 0 aliphatic carbocycles. The molecule has 1 aromatic carbocycles. The van der Waals surface area contributed by atoms with Crippen LogP contribution in [0.25, 0.3) is 10.8 Å². The minimum absolute atomic E-state index is 0.231. The maximum Gasteiger partial charge on any atom is 0.310 e. The second-order valence-corrected chi connectivity index (χ2v) is 7.23. The van der Waals surface area contributed by atoms with E-state index >= 15 is 0 Å². The van der Waals surface area contributed by atoms with Crippen LogP contribution in [0.5, 0.6) is 0 Å². The second kappa shape index (κ2) is 5.82. The van der Waals surface area contributed by atoms with E-state index in [0.717, 1.165) is 25.4 Å². The highest BCUT2D eigenvalue weighted by molar-refractivity contribution is 9.10. The zero-order valence-electron chi connectivity index (χ0n) is 11.5. The smallest absolute Gasteiger partial charge is 0.310 e. The number of rotatable bonds is 2. The van der Waals surface area contributed by atoms with Crippen molar-refractivity contribution in [3.8, 4) is 0 Å². The van der Waals surface area contributed by atoms with Gasteiger partial charge in [0.25, 0.3) is 0 Å². The number of aromatic nitrogens is 1. The fourth-order valence-electron chi connectivity index (χ4n) is 1.85. The lowest BCUT2D eigenvalue weighted by Gasteiger charge is -2.19. The van der Waals surface area contributed by atoms with Gasteiger partial charge >= 0.3 is 5.97 Å².